The van der Waals surface area contributed by atoms with Crippen LogP contribution in [0.2, 0.25) is 0 Å². The summed E-state index contributed by atoms with van der Waals surface area (Å²) in [4.78, 5) is 16.7. The zero-order valence-corrected chi connectivity index (χ0v) is 12.4. The maximum atomic E-state index is 11.6. The van der Waals surface area contributed by atoms with Gasteiger partial charge in [-0.1, -0.05) is 0 Å². The van der Waals surface area contributed by atoms with Crippen molar-refractivity contribution in [2.45, 2.75) is 50.1 Å². The lowest BCUT2D eigenvalue weighted by molar-refractivity contribution is -0.125. The molecule has 0 aromatic heterocycles. The van der Waals surface area contributed by atoms with Crippen LogP contribution in [0.3, 0.4) is 0 Å². The fraction of sp³-hybridized carbons (Fsp3) is 0.933. The predicted octanol–water partition coefficient (Wildman–Crippen LogP) is 0.139. The smallest absolute Gasteiger partial charge is 0.237 e. The van der Waals surface area contributed by atoms with Crippen molar-refractivity contribution in [3.63, 3.8) is 0 Å². The molecule has 114 valence electrons. The van der Waals surface area contributed by atoms with Gasteiger partial charge >= 0.3 is 0 Å². The lowest BCUT2D eigenvalue weighted by Gasteiger charge is -2.44. The highest BCUT2D eigenvalue weighted by molar-refractivity contribution is 5.84. The molecular weight excluding hydrogens is 252 g/mol. The Labute approximate surface area is 121 Å². The number of amides is 1. The summed E-state index contributed by atoms with van der Waals surface area (Å²) in [6.45, 7) is 5.86. The van der Waals surface area contributed by atoms with Crippen LogP contribution in [-0.4, -0.2) is 60.0 Å². The highest BCUT2D eigenvalue weighted by atomic mass is 16.1. The quantitative estimate of drug-likeness (QED) is 0.768. The fourth-order valence-corrected chi connectivity index (χ4v) is 3.79. The van der Waals surface area contributed by atoms with E-state index in [1.165, 1.54) is 32.5 Å². The Morgan fingerprint density at radius 3 is 2.45 bits per heavy atom. The van der Waals surface area contributed by atoms with Crippen LogP contribution < -0.4 is 11.5 Å². The van der Waals surface area contributed by atoms with Crippen molar-refractivity contribution < 1.29 is 4.79 Å². The van der Waals surface area contributed by atoms with Crippen LogP contribution >= 0.6 is 0 Å². The number of hydrogen-bond donors (Lipinski definition) is 2. The second-order valence-electron chi connectivity index (χ2n) is 7.05. The molecule has 1 aliphatic heterocycles. The van der Waals surface area contributed by atoms with E-state index in [-0.39, 0.29) is 5.91 Å². The minimum absolute atomic E-state index is 0.324. The Balaban J connectivity index is 1.50. The molecule has 1 amide bonds. The van der Waals surface area contributed by atoms with Gasteiger partial charge in [0.2, 0.25) is 5.91 Å². The monoisotopic (exact) mass is 280 g/mol. The molecule has 20 heavy (non-hydrogen) atoms. The summed E-state index contributed by atoms with van der Waals surface area (Å²) in [5.74, 6) is 0.650. The predicted molar refractivity (Wildman–Crippen MR) is 79.1 cm³/mol. The lowest BCUT2D eigenvalue weighted by Crippen LogP contribution is -2.60. The largest absolute Gasteiger partial charge is 0.368 e. The van der Waals surface area contributed by atoms with Crippen LogP contribution in [0.5, 0.6) is 0 Å². The van der Waals surface area contributed by atoms with Crippen molar-refractivity contribution in [2.75, 3.05) is 32.7 Å². The van der Waals surface area contributed by atoms with Crippen LogP contribution in [0.15, 0.2) is 0 Å². The molecule has 4 N–H and O–H groups in total. The van der Waals surface area contributed by atoms with E-state index in [0.29, 0.717) is 6.04 Å². The molecule has 2 aliphatic carbocycles. The van der Waals surface area contributed by atoms with Gasteiger partial charge in [0.1, 0.15) is 0 Å². The van der Waals surface area contributed by atoms with E-state index in [2.05, 4.69) is 9.80 Å². The number of nitrogens with two attached hydrogens (primary N) is 2. The third kappa shape index (κ3) is 3.15. The minimum Gasteiger partial charge on any atom is -0.368 e. The molecule has 5 nitrogen and oxygen atoms in total. The molecule has 1 heterocycles. The van der Waals surface area contributed by atoms with Gasteiger partial charge in [0, 0.05) is 38.8 Å². The molecule has 2 unspecified atom stereocenters. The standard InChI is InChI=1S/C15H28N4O/c16-14(20)15(17)5-1-2-13(10-15)19-8-6-18(7-9-19)11-12-3-4-12/h12-13H,1-11,17H2,(H2,16,20). The summed E-state index contributed by atoms with van der Waals surface area (Å²) in [7, 11) is 0. The Morgan fingerprint density at radius 1 is 1.15 bits per heavy atom. The van der Waals surface area contributed by atoms with E-state index in [4.69, 9.17) is 11.5 Å². The number of primary amides is 1. The molecule has 2 saturated carbocycles. The number of nitrogens with zero attached hydrogens (tertiary/aromatic N) is 2. The summed E-state index contributed by atoms with van der Waals surface area (Å²) in [6.07, 6.45) is 6.53. The second-order valence-corrected chi connectivity index (χ2v) is 7.05. The van der Waals surface area contributed by atoms with Gasteiger partial charge in [-0.05, 0) is 44.4 Å². The molecule has 0 aromatic carbocycles. The number of rotatable bonds is 4. The summed E-state index contributed by atoms with van der Waals surface area (Å²) >= 11 is 0. The van der Waals surface area contributed by atoms with Crippen LogP contribution in [-0.2, 0) is 4.79 Å². The fourth-order valence-electron chi connectivity index (χ4n) is 3.79. The van der Waals surface area contributed by atoms with E-state index < -0.39 is 5.54 Å². The minimum atomic E-state index is -0.770. The van der Waals surface area contributed by atoms with Gasteiger partial charge in [-0.2, -0.15) is 0 Å². The van der Waals surface area contributed by atoms with Crippen LogP contribution in [0, 0.1) is 5.92 Å². The molecule has 5 heteroatoms. The van der Waals surface area contributed by atoms with E-state index in [1.54, 1.807) is 0 Å². The number of hydrogen-bond acceptors (Lipinski definition) is 4. The van der Waals surface area contributed by atoms with Gasteiger partial charge in [-0.3, -0.25) is 9.69 Å². The van der Waals surface area contributed by atoms with E-state index >= 15 is 0 Å². The number of piperazine rings is 1. The molecule has 3 aliphatic rings. The highest BCUT2D eigenvalue weighted by Gasteiger charge is 2.40. The molecule has 0 bridgehead atoms. The highest BCUT2D eigenvalue weighted by Crippen LogP contribution is 2.32. The van der Waals surface area contributed by atoms with Gasteiger partial charge in [0.25, 0.3) is 0 Å². The first-order valence-corrected chi connectivity index (χ1v) is 8.12. The topological polar surface area (TPSA) is 75.6 Å². The average molecular weight is 280 g/mol. The molecule has 0 aromatic rings. The first-order valence-electron chi connectivity index (χ1n) is 8.12. The second kappa shape index (κ2) is 5.62. The zero-order chi connectivity index (χ0) is 14.2. The third-order valence-electron chi connectivity index (χ3n) is 5.39. The van der Waals surface area contributed by atoms with Gasteiger partial charge < -0.3 is 16.4 Å². The summed E-state index contributed by atoms with van der Waals surface area (Å²) in [5.41, 5.74) is 10.9. The van der Waals surface area contributed by atoms with Crippen molar-refractivity contribution in [2.24, 2.45) is 17.4 Å². The number of carbonyl (C=O) groups excluding carboxylic acids is 1. The molecule has 3 fully saturated rings. The van der Waals surface area contributed by atoms with Crippen LogP contribution in [0.4, 0.5) is 0 Å². The first kappa shape index (κ1) is 14.3. The van der Waals surface area contributed by atoms with Crippen molar-refractivity contribution in [3.05, 3.63) is 0 Å². The summed E-state index contributed by atoms with van der Waals surface area (Å²) in [6, 6.07) is 0.448. The van der Waals surface area contributed by atoms with E-state index in [9.17, 15) is 4.79 Å². The van der Waals surface area contributed by atoms with Gasteiger partial charge in [0.05, 0.1) is 5.54 Å². The van der Waals surface area contributed by atoms with E-state index in [1.807, 2.05) is 0 Å². The van der Waals surface area contributed by atoms with Crippen molar-refractivity contribution >= 4 is 5.91 Å². The molecular formula is C15H28N4O. The van der Waals surface area contributed by atoms with Gasteiger partial charge in [-0.25, -0.2) is 0 Å². The molecule has 2 atom stereocenters. The summed E-state index contributed by atoms with van der Waals surface area (Å²) < 4.78 is 0. The molecule has 3 rings (SSSR count). The lowest BCUT2D eigenvalue weighted by atomic mass is 9.78. The van der Waals surface area contributed by atoms with Gasteiger partial charge in [0.15, 0.2) is 0 Å². The molecule has 1 saturated heterocycles. The average Bonchev–Trinajstić information content (AvgIpc) is 3.23. The SMILES string of the molecule is NC(=O)C1(N)CCCC(N2CCN(CC3CC3)CC2)C1. The Kier molecular flexibility index (Phi) is 4.02. The van der Waals surface area contributed by atoms with Crippen LogP contribution in [0.1, 0.15) is 38.5 Å². The van der Waals surface area contributed by atoms with Crippen molar-refractivity contribution in [1.82, 2.24) is 9.80 Å². The molecule has 0 spiro atoms. The summed E-state index contributed by atoms with van der Waals surface area (Å²) in [5, 5.41) is 0. The Morgan fingerprint density at radius 2 is 1.85 bits per heavy atom. The zero-order valence-electron chi connectivity index (χ0n) is 12.4. The van der Waals surface area contributed by atoms with Crippen molar-refractivity contribution in [3.8, 4) is 0 Å². The van der Waals surface area contributed by atoms with Gasteiger partial charge in [-0.15, -0.1) is 0 Å². The Bertz CT molecular complexity index is 363. The maximum absolute atomic E-state index is 11.6. The maximum Gasteiger partial charge on any atom is 0.237 e. The first-order chi connectivity index (χ1) is 9.57. The van der Waals surface area contributed by atoms with Crippen LogP contribution in [0.25, 0.3) is 0 Å². The third-order valence-corrected chi connectivity index (χ3v) is 5.39. The van der Waals surface area contributed by atoms with E-state index in [0.717, 1.165) is 44.7 Å². The number of carbonyl (C=O) groups is 1. The molecule has 0 radical (unpaired) electrons. The normalized spacial score (nSPS) is 37.0. The Hall–Kier alpha value is -0.650. The van der Waals surface area contributed by atoms with Crippen molar-refractivity contribution in [1.29, 1.82) is 0 Å².